The molecule has 0 aromatic heterocycles. The summed E-state index contributed by atoms with van der Waals surface area (Å²) >= 11 is 3.44. The van der Waals surface area contributed by atoms with Crippen LogP contribution >= 0.6 is 15.9 Å². The van der Waals surface area contributed by atoms with Crippen LogP contribution < -0.4 is 0 Å². The number of Topliss-reactive ketones (excluding diaryl/α,β-unsaturated/α-hetero) is 2. The van der Waals surface area contributed by atoms with Crippen LogP contribution in [0.2, 0.25) is 0 Å². The molecule has 0 N–H and O–H groups in total. The maximum Gasteiger partial charge on any atom is 0.163 e. The van der Waals surface area contributed by atoms with Gasteiger partial charge in [-0.2, -0.15) is 0 Å². The summed E-state index contributed by atoms with van der Waals surface area (Å²) in [6.07, 6.45) is 2.87. The fraction of sp³-hybridized carbons (Fsp3) is 0.300. The van der Waals surface area contributed by atoms with Gasteiger partial charge in [-0.1, -0.05) is 58.4 Å². The second-order valence-electron chi connectivity index (χ2n) is 6.12. The van der Waals surface area contributed by atoms with Crippen LogP contribution in [0.15, 0.2) is 59.1 Å². The molecule has 118 valence electrons. The quantitative estimate of drug-likeness (QED) is 0.679. The van der Waals surface area contributed by atoms with Gasteiger partial charge in [0.05, 0.1) is 0 Å². The second kappa shape index (κ2) is 7.22. The number of hydrogen-bond acceptors (Lipinski definition) is 2. The van der Waals surface area contributed by atoms with E-state index >= 15 is 0 Å². The highest BCUT2D eigenvalue weighted by Gasteiger charge is 2.34. The lowest BCUT2D eigenvalue weighted by atomic mass is 9.80. The van der Waals surface area contributed by atoms with Crippen molar-refractivity contribution < 1.29 is 9.59 Å². The average Bonchev–Trinajstić information content (AvgIpc) is 3.00. The third-order valence-electron chi connectivity index (χ3n) is 4.64. The molecule has 0 aliphatic heterocycles. The first-order chi connectivity index (χ1) is 11.1. The van der Waals surface area contributed by atoms with Crippen molar-refractivity contribution in [3.8, 4) is 0 Å². The van der Waals surface area contributed by atoms with E-state index in [9.17, 15) is 9.59 Å². The van der Waals surface area contributed by atoms with E-state index in [-0.39, 0.29) is 17.6 Å². The molecule has 1 aliphatic carbocycles. The van der Waals surface area contributed by atoms with Crippen molar-refractivity contribution in [1.29, 1.82) is 0 Å². The molecule has 3 rings (SSSR count). The topological polar surface area (TPSA) is 34.1 Å². The molecule has 2 atom stereocenters. The summed E-state index contributed by atoms with van der Waals surface area (Å²) in [5.74, 6) is 0.367. The van der Waals surface area contributed by atoms with E-state index in [0.29, 0.717) is 18.6 Å². The summed E-state index contributed by atoms with van der Waals surface area (Å²) in [6.45, 7) is 0. The molecule has 1 saturated carbocycles. The van der Waals surface area contributed by atoms with Crippen molar-refractivity contribution in [3.05, 3.63) is 70.2 Å². The third-order valence-corrected chi connectivity index (χ3v) is 5.17. The van der Waals surface area contributed by atoms with Crippen molar-refractivity contribution in [1.82, 2.24) is 0 Å². The van der Waals surface area contributed by atoms with Crippen LogP contribution in [-0.2, 0) is 4.79 Å². The largest absolute Gasteiger partial charge is 0.299 e. The third kappa shape index (κ3) is 3.78. The molecule has 0 radical (unpaired) electrons. The van der Waals surface area contributed by atoms with Gasteiger partial charge in [0.25, 0.3) is 0 Å². The molecular weight excluding hydrogens is 352 g/mol. The summed E-state index contributed by atoms with van der Waals surface area (Å²) in [7, 11) is 0. The minimum atomic E-state index is -0.0242. The van der Waals surface area contributed by atoms with Gasteiger partial charge in [-0.05, 0) is 30.5 Å². The lowest BCUT2D eigenvalue weighted by molar-refractivity contribution is -0.121. The molecule has 1 aliphatic rings. The number of rotatable bonds is 5. The Balaban J connectivity index is 1.87. The zero-order chi connectivity index (χ0) is 16.2. The molecule has 0 spiro atoms. The van der Waals surface area contributed by atoms with Crippen molar-refractivity contribution in [2.45, 2.75) is 31.6 Å². The minimum absolute atomic E-state index is 0.0224. The number of halogens is 1. The normalized spacial score (nSPS) is 18.8. The first kappa shape index (κ1) is 16.1. The Morgan fingerprint density at radius 1 is 1.09 bits per heavy atom. The van der Waals surface area contributed by atoms with Gasteiger partial charge < -0.3 is 0 Å². The van der Waals surface area contributed by atoms with E-state index in [4.69, 9.17) is 0 Å². The number of ketones is 2. The van der Waals surface area contributed by atoms with Gasteiger partial charge in [-0.15, -0.1) is 0 Å². The zero-order valence-corrected chi connectivity index (χ0v) is 14.5. The van der Waals surface area contributed by atoms with Gasteiger partial charge in [-0.3, -0.25) is 9.59 Å². The fourth-order valence-electron chi connectivity index (χ4n) is 3.41. The summed E-state index contributed by atoms with van der Waals surface area (Å²) < 4.78 is 1.01. The fourth-order valence-corrected chi connectivity index (χ4v) is 3.68. The van der Waals surface area contributed by atoms with Crippen molar-refractivity contribution in [3.63, 3.8) is 0 Å². The monoisotopic (exact) mass is 370 g/mol. The summed E-state index contributed by atoms with van der Waals surface area (Å²) in [4.78, 5) is 24.9. The van der Waals surface area contributed by atoms with Crippen LogP contribution in [0.25, 0.3) is 0 Å². The molecule has 2 aromatic carbocycles. The molecule has 0 bridgehead atoms. The van der Waals surface area contributed by atoms with Gasteiger partial charge in [0.1, 0.15) is 5.78 Å². The van der Waals surface area contributed by atoms with E-state index < -0.39 is 0 Å². The molecule has 0 amide bonds. The van der Waals surface area contributed by atoms with E-state index in [1.807, 2.05) is 54.6 Å². The Kier molecular flexibility index (Phi) is 5.06. The Hall–Kier alpha value is -1.74. The molecule has 3 heteroatoms. The first-order valence-electron chi connectivity index (χ1n) is 8.01. The second-order valence-corrected chi connectivity index (χ2v) is 7.03. The van der Waals surface area contributed by atoms with E-state index in [2.05, 4.69) is 15.9 Å². The highest BCUT2D eigenvalue weighted by atomic mass is 79.9. The number of carbonyl (C=O) groups is 2. The Labute approximate surface area is 145 Å². The number of hydrogen-bond donors (Lipinski definition) is 0. The standard InChI is InChI=1S/C20H19BrO2/c21-16-11-9-14(10-12-16)18(17-7-4-8-19(17)22)13-20(23)15-5-2-1-3-6-15/h1-3,5-6,9-12,17-18H,4,7-8,13H2/t17-,18-/m0/s1. The van der Waals surface area contributed by atoms with Gasteiger partial charge in [0.15, 0.2) is 5.78 Å². The number of benzene rings is 2. The van der Waals surface area contributed by atoms with E-state index in [0.717, 1.165) is 28.4 Å². The lowest BCUT2D eigenvalue weighted by Crippen LogP contribution is -2.20. The van der Waals surface area contributed by atoms with Crippen LogP contribution in [-0.4, -0.2) is 11.6 Å². The summed E-state index contributed by atoms with van der Waals surface area (Å²) in [5, 5.41) is 0. The average molecular weight is 371 g/mol. The van der Waals surface area contributed by atoms with Crippen LogP contribution in [0.1, 0.15) is 47.5 Å². The van der Waals surface area contributed by atoms with Gasteiger partial charge in [0, 0.05) is 34.7 Å². The molecule has 2 nitrogen and oxygen atoms in total. The van der Waals surface area contributed by atoms with Crippen LogP contribution in [0, 0.1) is 5.92 Å². The maximum atomic E-state index is 12.6. The Bertz CT molecular complexity index is 691. The molecule has 0 heterocycles. The lowest BCUT2D eigenvalue weighted by Gasteiger charge is -2.22. The molecule has 1 fully saturated rings. The summed E-state index contributed by atoms with van der Waals surface area (Å²) in [5.41, 5.74) is 1.80. The maximum absolute atomic E-state index is 12.6. The Morgan fingerprint density at radius 3 is 2.39 bits per heavy atom. The van der Waals surface area contributed by atoms with Gasteiger partial charge in [0.2, 0.25) is 0 Å². The van der Waals surface area contributed by atoms with Crippen LogP contribution in [0.3, 0.4) is 0 Å². The molecule has 2 aromatic rings. The van der Waals surface area contributed by atoms with Crippen LogP contribution in [0.5, 0.6) is 0 Å². The predicted octanol–water partition coefficient (Wildman–Crippen LogP) is 5.17. The smallest absolute Gasteiger partial charge is 0.163 e. The minimum Gasteiger partial charge on any atom is -0.299 e. The molecule has 0 unspecified atom stereocenters. The van der Waals surface area contributed by atoms with E-state index in [1.54, 1.807) is 0 Å². The molecule has 23 heavy (non-hydrogen) atoms. The highest BCUT2D eigenvalue weighted by Crippen LogP contribution is 2.38. The highest BCUT2D eigenvalue weighted by molar-refractivity contribution is 9.10. The zero-order valence-electron chi connectivity index (χ0n) is 12.9. The predicted molar refractivity (Wildman–Crippen MR) is 94.6 cm³/mol. The SMILES string of the molecule is O=C(C[C@@H](c1ccc(Br)cc1)[C@@H]1CCCC1=O)c1ccccc1. The molecule has 0 saturated heterocycles. The Morgan fingerprint density at radius 2 is 1.78 bits per heavy atom. The van der Waals surface area contributed by atoms with Gasteiger partial charge >= 0.3 is 0 Å². The van der Waals surface area contributed by atoms with Crippen molar-refractivity contribution in [2.24, 2.45) is 5.92 Å². The first-order valence-corrected chi connectivity index (χ1v) is 8.81. The van der Waals surface area contributed by atoms with Crippen LogP contribution in [0.4, 0.5) is 0 Å². The number of carbonyl (C=O) groups excluding carboxylic acids is 2. The van der Waals surface area contributed by atoms with Crippen molar-refractivity contribution >= 4 is 27.5 Å². The van der Waals surface area contributed by atoms with Gasteiger partial charge in [-0.25, -0.2) is 0 Å². The van der Waals surface area contributed by atoms with E-state index in [1.165, 1.54) is 0 Å². The summed E-state index contributed by atoms with van der Waals surface area (Å²) in [6, 6.07) is 17.4. The molecular formula is C20H19BrO2. The van der Waals surface area contributed by atoms with Crippen molar-refractivity contribution in [2.75, 3.05) is 0 Å².